The highest BCUT2D eigenvalue weighted by Gasteiger charge is 2.20. The molecule has 2 heterocycles. The van der Waals surface area contributed by atoms with E-state index in [1.165, 1.54) is 27.7 Å². The summed E-state index contributed by atoms with van der Waals surface area (Å²) < 4.78 is 8.36. The minimum absolute atomic E-state index is 0.704. The second-order valence-corrected chi connectivity index (χ2v) is 7.07. The van der Waals surface area contributed by atoms with Crippen LogP contribution in [-0.2, 0) is 19.5 Å². The minimum atomic E-state index is 0.704. The Balaban J connectivity index is 1.52. The van der Waals surface area contributed by atoms with E-state index in [4.69, 9.17) is 16.3 Å². The number of aryl methyl sites for hydroxylation is 2. The molecule has 25 heavy (non-hydrogen) atoms. The molecule has 2 aromatic carbocycles. The lowest BCUT2D eigenvalue weighted by molar-refractivity contribution is 0.301. The molecular weight excluding hydrogens is 332 g/mol. The van der Waals surface area contributed by atoms with E-state index in [2.05, 4.69) is 35.0 Å². The smallest absolute Gasteiger partial charge is 0.119 e. The highest BCUT2D eigenvalue weighted by Crippen LogP contribution is 2.31. The maximum Gasteiger partial charge on any atom is 0.119 e. The molecule has 130 valence electrons. The normalized spacial score (nSPS) is 13.8. The maximum absolute atomic E-state index is 5.91. The molecular formula is C21H23ClN2O. The number of benzene rings is 2. The Kier molecular flexibility index (Phi) is 4.69. The van der Waals surface area contributed by atoms with E-state index in [1.807, 2.05) is 24.3 Å². The third-order valence-corrected chi connectivity index (χ3v) is 5.21. The Morgan fingerprint density at radius 2 is 2.00 bits per heavy atom. The van der Waals surface area contributed by atoms with E-state index in [0.717, 1.165) is 43.2 Å². The van der Waals surface area contributed by atoms with Gasteiger partial charge in [-0.3, -0.25) is 0 Å². The minimum Gasteiger partial charge on any atom is -0.494 e. The fourth-order valence-electron chi connectivity index (χ4n) is 3.81. The molecule has 0 amide bonds. The summed E-state index contributed by atoms with van der Waals surface area (Å²) in [6.45, 7) is 5.92. The number of fused-ring (bicyclic) bond motifs is 3. The number of nitrogens with one attached hydrogen (secondary N) is 1. The second kappa shape index (κ2) is 7.11. The van der Waals surface area contributed by atoms with E-state index < -0.39 is 0 Å². The van der Waals surface area contributed by atoms with Crippen LogP contribution in [0.25, 0.3) is 10.9 Å². The quantitative estimate of drug-likeness (QED) is 0.671. The van der Waals surface area contributed by atoms with Gasteiger partial charge in [0.2, 0.25) is 0 Å². The molecule has 0 saturated carbocycles. The molecule has 3 nitrogen and oxygen atoms in total. The molecule has 0 unspecified atom stereocenters. The Morgan fingerprint density at radius 1 is 1.16 bits per heavy atom. The fourth-order valence-corrected chi connectivity index (χ4v) is 3.93. The average Bonchev–Trinajstić information content (AvgIpc) is 2.96. The Morgan fingerprint density at radius 3 is 2.84 bits per heavy atom. The van der Waals surface area contributed by atoms with Crippen molar-refractivity contribution in [3.63, 3.8) is 0 Å². The number of aromatic nitrogens is 1. The highest BCUT2D eigenvalue weighted by atomic mass is 35.5. The first kappa shape index (κ1) is 16.5. The molecule has 4 heteroatoms. The molecule has 1 N–H and O–H groups in total. The zero-order valence-corrected chi connectivity index (χ0v) is 15.3. The summed E-state index contributed by atoms with van der Waals surface area (Å²) in [5.74, 6) is 0.877. The molecule has 4 rings (SSSR count). The third-order valence-electron chi connectivity index (χ3n) is 4.96. The SMILES string of the molecule is Cc1cccc2c3c(n(CCCOc4ccc(Cl)cc4)c12)CNCC3. The fraction of sp³-hybridized carbons (Fsp3) is 0.333. The van der Waals surface area contributed by atoms with Crippen LogP contribution in [0.3, 0.4) is 0 Å². The van der Waals surface area contributed by atoms with Crippen LogP contribution in [0.15, 0.2) is 42.5 Å². The monoisotopic (exact) mass is 354 g/mol. The van der Waals surface area contributed by atoms with Gasteiger partial charge in [-0.15, -0.1) is 0 Å². The predicted octanol–water partition coefficient (Wildman–Crippen LogP) is 4.72. The van der Waals surface area contributed by atoms with Crippen LogP contribution in [0.1, 0.15) is 23.2 Å². The van der Waals surface area contributed by atoms with E-state index in [1.54, 1.807) is 0 Å². The van der Waals surface area contributed by atoms with Crippen LogP contribution in [0.4, 0.5) is 0 Å². The van der Waals surface area contributed by atoms with Crippen LogP contribution in [-0.4, -0.2) is 17.7 Å². The number of nitrogens with zero attached hydrogens (tertiary/aromatic N) is 1. The molecule has 0 aliphatic carbocycles. The number of rotatable bonds is 5. The number of halogens is 1. The van der Waals surface area contributed by atoms with Gasteiger partial charge in [-0.2, -0.15) is 0 Å². The summed E-state index contributed by atoms with van der Waals surface area (Å²) in [5.41, 5.74) is 5.71. The number of ether oxygens (including phenoxy) is 1. The van der Waals surface area contributed by atoms with Crippen LogP contribution in [0, 0.1) is 6.92 Å². The number of hydrogen-bond donors (Lipinski definition) is 1. The van der Waals surface area contributed by atoms with Crippen molar-refractivity contribution in [1.29, 1.82) is 0 Å². The number of para-hydroxylation sites is 1. The zero-order chi connectivity index (χ0) is 17.2. The summed E-state index contributed by atoms with van der Waals surface area (Å²) in [4.78, 5) is 0. The first-order chi connectivity index (χ1) is 12.2. The van der Waals surface area contributed by atoms with E-state index >= 15 is 0 Å². The molecule has 3 aromatic rings. The lowest BCUT2D eigenvalue weighted by Gasteiger charge is -2.17. The molecule has 1 aliphatic heterocycles. The van der Waals surface area contributed by atoms with Gasteiger partial charge in [0.1, 0.15) is 5.75 Å². The Bertz CT molecular complexity index is 883. The number of hydrogen-bond acceptors (Lipinski definition) is 2. The van der Waals surface area contributed by atoms with Gasteiger partial charge in [-0.25, -0.2) is 0 Å². The van der Waals surface area contributed by atoms with Crippen molar-refractivity contribution in [3.8, 4) is 5.75 Å². The third kappa shape index (κ3) is 3.26. The molecule has 1 aliphatic rings. The maximum atomic E-state index is 5.91. The van der Waals surface area contributed by atoms with Crippen molar-refractivity contribution in [3.05, 3.63) is 64.3 Å². The Hall–Kier alpha value is -1.97. The van der Waals surface area contributed by atoms with Crippen molar-refractivity contribution in [2.75, 3.05) is 13.2 Å². The molecule has 0 atom stereocenters. The van der Waals surface area contributed by atoms with Gasteiger partial charge in [0.25, 0.3) is 0 Å². The van der Waals surface area contributed by atoms with Gasteiger partial charge in [-0.1, -0.05) is 29.8 Å². The molecule has 0 saturated heterocycles. The summed E-state index contributed by atoms with van der Waals surface area (Å²) in [6.07, 6.45) is 2.09. The van der Waals surface area contributed by atoms with Gasteiger partial charge in [0, 0.05) is 29.2 Å². The summed E-state index contributed by atoms with van der Waals surface area (Å²) >= 11 is 5.91. The van der Waals surface area contributed by atoms with Crippen molar-refractivity contribution in [1.82, 2.24) is 9.88 Å². The largest absolute Gasteiger partial charge is 0.494 e. The van der Waals surface area contributed by atoms with Gasteiger partial charge in [-0.05, 0) is 61.7 Å². The van der Waals surface area contributed by atoms with Crippen LogP contribution >= 0.6 is 11.6 Å². The molecule has 0 bridgehead atoms. The van der Waals surface area contributed by atoms with Crippen molar-refractivity contribution in [2.24, 2.45) is 0 Å². The van der Waals surface area contributed by atoms with Crippen molar-refractivity contribution < 1.29 is 4.74 Å². The Labute approximate surface area is 153 Å². The van der Waals surface area contributed by atoms with Crippen molar-refractivity contribution >= 4 is 22.5 Å². The van der Waals surface area contributed by atoms with Gasteiger partial charge >= 0.3 is 0 Å². The van der Waals surface area contributed by atoms with Crippen molar-refractivity contribution in [2.45, 2.75) is 32.9 Å². The summed E-state index contributed by atoms with van der Waals surface area (Å²) in [5, 5.41) is 5.68. The second-order valence-electron chi connectivity index (χ2n) is 6.63. The zero-order valence-electron chi connectivity index (χ0n) is 14.5. The van der Waals surface area contributed by atoms with Gasteiger partial charge in [0.05, 0.1) is 12.1 Å². The summed E-state index contributed by atoms with van der Waals surface area (Å²) in [7, 11) is 0. The lowest BCUT2D eigenvalue weighted by Crippen LogP contribution is -2.25. The summed E-state index contributed by atoms with van der Waals surface area (Å²) in [6, 6.07) is 14.2. The first-order valence-electron chi connectivity index (χ1n) is 8.92. The van der Waals surface area contributed by atoms with Gasteiger partial charge in [0.15, 0.2) is 0 Å². The van der Waals surface area contributed by atoms with Crippen LogP contribution < -0.4 is 10.1 Å². The molecule has 0 radical (unpaired) electrons. The molecule has 0 spiro atoms. The van der Waals surface area contributed by atoms with Gasteiger partial charge < -0.3 is 14.6 Å². The standard InChI is InChI=1S/C21H23ClN2O/c1-15-4-2-5-19-18-10-11-23-14-20(18)24(21(15)19)12-3-13-25-17-8-6-16(22)7-9-17/h2,4-9,23H,3,10-14H2,1H3. The molecule has 1 aromatic heterocycles. The van der Waals surface area contributed by atoms with E-state index in [0.29, 0.717) is 6.61 Å². The average molecular weight is 355 g/mol. The van der Waals surface area contributed by atoms with Crippen LogP contribution in [0.5, 0.6) is 5.75 Å². The van der Waals surface area contributed by atoms with E-state index in [-0.39, 0.29) is 0 Å². The predicted molar refractivity (Wildman–Crippen MR) is 104 cm³/mol. The topological polar surface area (TPSA) is 26.2 Å². The lowest BCUT2D eigenvalue weighted by atomic mass is 10.0. The van der Waals surface area contributed by atoms with E-state index in [9.17, 15) is 0 Å². The first-order valence-corrected chi connectivity index (χ1v) is 9.30. The highest BCUT2D eigenvalue weighted by molar-refractivity contribution is 6.30. The molecule has 0 fully saturated rings. The van der Waals surface area contributed by atoms with Crippen LogP contribution in [0.2, 0.25) is 5.02 Å².